The summed E-state index contributed by atoms with van der Waals surface area (Å²) in [5, 5.41) is 12.0. The number of amides is 2. The Morgan fingerprint density at radius 1 is 1.10 bits per heavy atom. The summed E-state index contributed by atoms with van der Waals surface area (Å²) in [6, 6.07) is 0. The lowest BCUT2D eigenvalue weighted by Crippen LogP contribution is -2.44. The molecule has 0 radical (unpaired) electrons. The molecule has 0 aromatic heterocycles. The zero-order chi connectivity index (χ0) is 15.0. The number of likely N-dealkylation sites (tertiary alicyclic amines) is 1. The van der Waals surface area contributed by atoms with Crippen LogP contribution in [0.5, 0.6) is 0 Å². The Morgan fingerprint density at radius 2 is 1.71 bits per heavy atom. The first-order chi connectivity index (χ1) is 10.1. The molecule has 1 saturated carbocycles. The van der Waals surface area contributed by atoms with E-state index in [0.717, 1.165) is 32.4 Å². The van der Waals surface area contributed by atoms with Crippen molar-refractivity contribution in [2.45, 2.75) is 19.3 Å². The van der Waals surface area contributed by atoms with Crippen LogP contribution < -0.4 is 5.32 Å². The van der Waals surface area contributed by atoms with Crippen molar-refractivity contribution < 1.29 is 19.5 Å². The molecule has 2 bridgehead atoms. The molecule has 21 heavy (non-hydrogen) atoms. The molecule has 0 aromatic carbocycles. The number of hydrogen-bond donors (Lipinski definition) is 2. The van der Waals surface area contributed by atoms with Crippen molar-refractivity contribution >= 4 is 17.8 Å². The van der Waals surface area contributed by atoms with Gasteiger partial charge < -0.3 is 15.3 Å². The highest BCUT2D eigenvalue weighted by atomic mass is 16.4. The van der Waals surface area contributed by atoms with E-state index in [1.165, 1.54) is 0 Å². The van der Waals surface area contributed by atoms with Crippen LogP contribution in [0.3, 0.4) is 0 Å². The highest BCUT2D eigenvalue weighted by molar-refractivity contribution is 5.90. The molecule has 0 spiro atoms. The van der Waals surface area contributed by atoms with Crippen molar-refractivity contribution in [2.24, 2.45) is 23.7 Å². The van der Waals surface area contributed by atoms with Crippen LogP contribution in [-0.2, 0) is 14.4 Å². The molecular weight excluding hydrogens is 272 g/mol. The lowest BCUT2D eigenvalue weighted by Gasteiger charge is -2.24. The molecule has 2 aliphatic carbocycles. The van der Waals surface area contributed by atoms with Gasteiger partial charge in [0.05, 0.1) is 18.4 Å². The molecule has 6 nitrogen and oxygen atoms in total. The molecule has 114 valence electrons. The summed E-state index contributed by atoms with van der Waals surface area (Å²) >= 11 is 0. The van der Waals surface area contributed by atoms with E-state index in [9.17, 15) is 19.5 Å². The van der Waals surface area contributed by atoms with Gasteiger partial charge in [-0.25, -0.2) is 0 Å². The highest BCUT2D eigenvalue weighted by Crippen LogP contribution is 2.48. The van der Waals surface area contributed by atoms with Crippen LogP contribution in [0.2, 0.25) is 0 Å². The van der Waals surface area contributed by atoms with Crippen LogP contribution in [0.25, 0.3) is 0 Å². The Morgan fingerprint density at radius 3 is 2.33 bits per heavy atom. The Labute approximate surface area is 123 Å². The average Bonchev–Trinajstić information content (AvgIpc) is 3.17. The van der Waals surface area contributed by atoms with Gasteiger partial charge in [0.1, 0.15) is 0 Å². The van der Waals surface area contributed by atoms with Crippen LogP contribution in [-0.4, -0.2) is 47.4 Å². The summed E-state index contributed by atoms with van der Waals surface area (Å²) in [5.74, 6) is -2.53. The summed E-state index contributed by atoms with van der Waals surface area (Å²) < 4.78 is 0. The summed E-state index contributed by atoms with van der Waals surface area (Å²) in [5.41, 5.74) is 0. The molecule has 1 heterocycles. The second kappa shape index (κ2) is 5.50. The van der Waals surface area contributed by atoms with E-state index in [0.29, 0.717) is 0 Å². The Balaban J connectivity index is 1.58. The Kier molecular flexibility index (Phi) is 3.69. The number of allylic oxidation sites excluding steroid dienone is 2. The first kappa shape index (κ1) is 14.1. The van der Waals surface area contributed by atoms with E-state index in [1.54, 1.807) is 4.90 Å². The minimum atomic E-state index is -0.919. The topological polar surface area (TPSA) is 86.7 Å². The Bertz CT molecular complexity index is 496. The molecule has 3 aliphatic rings. The summed E-state index contributed by atoms with van der Waals surface area (Å²) in [7, 11) is 0. The van der Waals surface area contributed by atoms with Gasteiger partial charge in [-0.15, -0.1) is 0 Å². The maximum atomic E-state index is 12.3. The lowest BCUT2D eigenvalue weighted by atomic mass is 9.82. The third-order valence-electron chi connectivity index (χ3n) is 4.92. The molecule has 4 unspecified atom stereocenters. The third kappa shape index (κ3) is 2.54. The number of nitrogens with zero attached hydrogens (tertiary/aromatic N) is 1. The molecule has 2 N–H and O–H groups in total. The zero-order valence-corrected chi connectivity index (χ0v) is 11.8. The van der Waals surface area contributed by atoms with Crippen LogP contribution in [0.4, 0.5) is 0 Å². The predicted octanol–water partition coefficient (Wildman–Crippen LogP) is 0.248. The summed E-state index contributed by atoms with van der Waals surface area (Å²) in [6.07, 6.45) is 6.60. The number of carboxylic acid groups (broad SMARTS) is 1. The van der Waals surface area contributed by atoms with E-state index < -0.39 is 17.8 Å². The number of rotatable bonds is 4. The number of fused-ring (bicyclic) bond motifs is 2. The van der Waals surface area contributed by atoms with E-state index in [4.69, 9.17) is 0 Å². The standard InChI is InChI=1S/C15H20N2O4/c18-11(17-5-1-2-6-17)8-16-14(19)12-9-3-4-10(7-9)13(12)15(20)21/h3-4,9-10,12-13H,1-2,5-8H2,(H,16,19)(H,20,21). The highest BCUT2D eigenvalue weighted by Gasteiger charge is 2.51. The second-order valence-corrected chi connectivity index (χ2v) is 6.14. The zero-order valence-electron chi connectivity index (χ0n) is 11.8. The first-order valence-corrected chi connectivity index (χ1v) is 7.54. The molecule has 2 fully saturated rings. The summed E-state index contributed by atoms with van der Waals surface area (Å²) in [6.45, 7) is 1.48. The van der Waals surface area contributed by atoms with Crippen LogP contribution in [0.1, 0.15) is 19.3 Å². The van der Waals surface area contributed by atoms with E-state index >= 15 is 0 Å². The quantitative estimate of drug-likeness (QED) is 0.727. The van der Waals surface area contributed by atoms with Gasteiger partial charge in [-0.3, -0.25) is 14.4 Å². The molecule has 4 atom stereocenters. The van der Waals surface area contributed by atoms with Gasteiger partial charge in [0, 0.05) is 13.1 Å². The van der Waals surface area contributed by atoms with Gasteiger partial charge in [0.2, 0.25) is 11.8 Å². The van der Waals surface area contributed by atoms with E-state index in [2.05, 4.69) is 5.32 Å². The van der Waals surface area contributed by atoms with Gasteiger partial charge >= 0.3 is 5.97 Å². The molecule has 2 amide bonds. The number of carboxylic acids is 1. The molecule has 1 saturated heterocycles. The average molecular weight is 292 g/mol. The fourth-order valence-electron chi connectivity index (χ4n) is 3.88. The molecule has 6 heteroatoms. The van der Waals surface area contributed by atoms with E-state index in [-0.39, 0.29) is 30.2 Å². The smallest absolute Gasteiger partial charge is 0.307 e. The van der Waals surface area contributed by atoms with Crippen LogP contribution in [0, 0.1) is 23.7 Å². The van der Waals surface area contributed by atoms with Gasteiger partial charge in [-0.2, -0.15) is 0 Å². The van der Waals surface area contributed by atoms with Gasteiger partial charge in [0.25, 0.3) is 0 Å². The number of hydrogen-bond acceptors (Lipinski definition) is 3. The second-order valence-electron chi connectivity index (χ2n) is 6.14. The minimum Gasteiger partial charge on any atom is -0.481 e. The number of carbonyl (C=O) groups excluding carboxylic acids is 2. The van der Waals surface area contributed by atoms with Crippen molar-refractivity contribution in [3.05, 3.63) is 12.2 Å². The molecule has 3 rings (SSSR count). The number of aliphatic carboxylic acids is 1. The Hall–Kier alpha value is -1.85. The van der Waals surface area contributed by atoms with E-state index in [1.807, 2.05) is 12.2 Å². The molecule has 1 aliphatic heterocycles. The van der Waals surface area contributed by atoms with Crippen molar-refractivity contribution in [3.63, 3.8) is 0 Å². The van der Waals surface area contributed by atoms with Gasteiger partial charge in [0.15, 0.2) is 0 Å². The lowest BCUT2D eigenvalue weighted by molar-refractivity contribution is -0.148. The van der Waals surface area contributed by atoms with Crippen molar-refractivity contribution in [1.29, 1.82) is 0 Å². The van der Waals surface area contributed by atoms with Crippen molar-refractivity contribution in [1.82, 2.24) is 10.2 Å². The fraction of sp³-hybridized carbons (Fsp3) is 0.667. The SMILES string of the molecule is O=C(O)C1C2C=CC(C2)C1C(=O)NCC(=O)N1CCCC1. The van der Waals surface area contributed by atoms with Crippen LogP contribution >= 0.6 is 0 Å². The van der Waals surface area contributed by atoms with Crippen molar-refractivity contribution in [2.75, 3.05) is 19.6 Å². The fourth-order valence-corrected chi connectivity index (χ4v) is 3.88. The predicted molar refractivity (Wildman–Crippen MR) is 74.2 cm³/mol. The maximum Gasteiger partial charge on any atom is 0.307 e. The van der Waals surface area contributed by atoms with Crippen LogP contribution in [0.15, 0.2) is 12.2 Å². The number of carbonyl (C=O) groups is 3. The molecule has 0 aromatic rings. The first-order valence-electron chi connectivity index (χ1n) is 7.54. The monoisotopic (exact) mass is 292 g/mol. The normalized spacial score (nSPS) is 33.4. The molecular formula is C15H20N2O4. The van der Waals surface area contributed by atoms with Gasteiger partial charge in [-0.05, 0) is 31.1 Å². The van der Waals surface area contributed by atoms with Gasteiger partial charge in [-0.1, -0.05) is 12.2 Å². The summed E-state index contributed by atoms with van der Waals surface area (Å²) in [4.78, 5) is 37.3. The maximum absolute atomic E-state index is 12.3. The minimum absolute atomic E-state index is 0.00186. The van der Waals surface area contributed by atoms with Crippen molar-refractivity contribution in [3.8, 4) is 0 Å². The largest absolute Gasteiger partial charge is 0.481 e. The third-order valence-corrected chi connectivity index (χ3v) is 4.92. The number of nitrogens with one attached hydrogen (secondary N) is 1.